The minimum Gasteiger partial charge on any atom is -0.448 e. The highest BCUT2D eigenvalue weighted by molar-refractivity contribution is 7.20. The first-order valence-corrected chi connectivity index (χ1v) is 8.56. The molecule has 0 radical (unpaired) electrons. The third-order valence-electron chi connectivity index (χ3n) is 3.85. The Balaban J connectivity index is 2.03. The van der Waals surface area contributed by atoms with Gasteiger partial charge in [-0.2, -0.15) is 18.3 Å². The molecule has 2 aromatic heterocycles. The molecule has 0 aliphatic rings. The van der Waals surface area contributed by atoms with Crippen molar-refractivity contribution in [1.29, 1.82) is 0 Å². The second-order valence-corrected chi connectivity index (χ2v) is 6.86. The summed E-state index contributed by atoms with van der Waals surface area (Å²) in [6.07, 6.45) is -5.57. The third kappa shape index (κ3) is 3.65. The maximum atomic E-state index is 13.0. The second kappa shape index (κ2) is 6.69. The van der Waals surface area contributed by atoms with Crippen molar-refractivity contribution in [3.63, 3.8) is 0 Å². The summed E-state index contributed by atoms with van der Waals surface area (Å²) in [4.78, 5) is 23.9. The number of nitrogens with zero attached hydrogens (tertiary/aromatic N) is 2. The van der Waals surface area contributed by atoms with Crippen molar-refractivity contribution in [3.05, 3.63) is 46.5 Å². The lowest BCUT2D eigenvalue weighted by Gasteiger charge is -2.09. The lowest BCUT2D eigenvalue weighted by Crippen LogP contribution is -2.30. The Bertz CT molecular complexity index is 1040. The molecule has 0 saturated heterocycles. The number of carbonyl (C=O) groups is 2. The smallest absolute Gasteiger partial charge is 0.416 e. The van der Waals surface area contributed by atoms with Crippen LogP contribution in [0.5, 0.6) is 0 Å². The lowest BCUT2D eigenvalue weighted by molar-refractivity contribution is -0.137. The maximum absolute atomic E-state index is 13.0. The number of thiophene rings is 1. The van der Waals surface area contributed by atoms with Gasteiger partial charge in [-0.25, -0.2) is 9.48 Å². The first kappa shape index (κ1) is 18.9. The standard InChI is InChI=1S/C17H14F3N3O3S/c1-8-12-7-13(16(25)26-9(2)14(21)24)27-15(12)23(22-8)11-5-3-4-10(6-11)17(18,19)20/h3-7,9H,1-2H3,(H2,21,24)/t9-/m0/s1. The van der Waals surface area contributed by atoms with Gasteiger partial charge in [0.1, 0.15) is 9.71 Å². The molecular weight excluding hydrogens is 383 g/mol. The Morgan fingerprint density at radius 1 is 1.30 bits per heavy atom. The molecule has 1 amide bonds. The molecule has 27 heavy (non-hydrogen) atoms. The van der Waals surface area contributed by atoms with Crippen molar-refractivity contribution in [3.8, 4) is 5.69 Å². The number of esters is 1. The summed E-state index contributed by atoms with van der Waals surface area (Å²) in [5, 5.41) is 4.87. The van der Waals surface area contributed by atoms with E-state index in [0.717, 1.165) is 23.5 Å². The van der Waals surface area contributed by atoms with E-state index in [2.05, 4.69) is 5.10 Å². The summed E-state index contributed by atoms with van der Waals surface area (Å²) in [7, 11) is 0. The summed E-state index contributed by atoms with van der Waals surface area (Å²) in [6, 6.07) is 6.27. The summed E-state index contributed by atoms with van der Waals surface area (Å²) in [5.41, 5.74) is 5.03. The van der Waals surface area contributed by atoms with Gasteiger partial charge in [0, 0.05) is 5.39 Å². The van der Waals surface area contributed by atoms with Crippen LogP contribution in [0, 0.1) is 6.92 Å². The fourth-order valence-corrected chi connectivity index (χ4v) is 3.48. The molecule has 0 fully saturated rings. The molecule has 0 bridgehead atoms. The van der Waals surface area contributed by atoms with Gasteiger partial charge in [-0.15, -0.1) is 11.3 Å². The van der Waals surface area contributed by atoms with Crippen LogP contribution < -0.4 is 5.73 Å². The highest BCUT2D eigenvalue weighted by atomic mass is 32.1. The number of carbonyl (C=O) groups excluding carboxylic acids is 2. The molecule has 3 rings (SSSR count). The number of hydrogen-bond acceptors (Lipinski definition) is 5. The molecule has 6 nitrogen and oxygen atoms in total. The van der Waals surface area contributed by atoms with Gasteiger partial charge in [0.2, 0.25) is 0 Å². The Morgan fingerprint density at radius 3 is 2.63 bits per heavy atom. The van der Waals surface area contributed by atoms with Gasteiger partial charge in [-0.1, -0.05) is 6.07 Å². The predicted octanol–water partition coefficient (Wildman–Crippen LogP) is 3.44. The molecule has 0 spiro atoms. The van der Waals surface area contributed by atoms with E-state index >= 15 is 0 Å². The Morgan fingerprint density at radius 2 is 2.00 bits per heavy atom. The zero-order valence-electron chi connectivity index (χ0n) is 14.2. The Hall–Kier alpha value is -2.88. The number of halogens is 3. The number of benzene rings is 1. The quantitative estimate of drug-likeness (QED) is 0.683. The van der Waals surface area contributed by atoms with Crippen molar-refractivity contribution < 1.29 is 27.5 Å². The minimum atomic E-state index is -4.48. The van der Waals surface area contributed by atoms with E-state index < -0.39 is 29.7 Å². The molecule has 142 valence electrons. The molecule has 0 aliphatic heterocycles. The van der Waals surface area contributed by atoms with E-state index in [4.69, 9.17) is 10.5 Å². The topological polar surface area (TPSA) is 87.2 Å². The fraction of sp³-hybridized carbons (Fsp3) is 0.235. The first-order valence-electron chi connectivity index (χ1n) is 7.75. The summed E-state index contributed by atoms with van der Waals surface area (Å²) in [6.45, 7) is 3.03. The first-order chi connectivity index (χ1) is 12.6. The van der Waals surface area contributed by atoms with Crippen molar-refractivity contribution in [1.82, 2.24) is 9.78 Å². The SMILES string of the molecule is Cc1nn(-c2cccc(C(F)(F)F)c2)c2sc(C(=O)O[C@@H](C)C(N)=O)cc12. The normalized spacial score (nSPS) is 12.9. The number of hydrogen-bond donors (Lipinski definition) is 1. The Kier molecular flexibility index (Phi) is 4.68. The summed E-state index contributed by atoms with van der Waals surface area (Å²) < 4.78 is 45.2. The number of alkyl halides is 3. The molecule has 0 unspecified atom stereocenters. The number of primary amides is 1. The van der Waals surface area contributed by atoms with Crippen LogP contribution in [0.15, 0.2) is 30.3 Å². The van der Waals surface area contributed by atoms with Crippen LogP contribution in [0.25, 0.3) is 15.9 Å². The number of amides is 1. The van der Waals surface area contributed by atoms with Crippen LogP contribution in [0.3, 0.4) is 0 Å². The van der Waals surface area contributed by atoms with Gasteiger partial charge in [0.05, 0.1) is 16.9 Å². The number of rotatable bonds is 4. The molecular formula is C17H14F3N3O3S. The van der Waals surface area contributed by atoms with Crippen molar-refractivity contribution >= 4 is 33.4 Å². The molecule has 1 atom stereocenters. The van der Waals surface area contributed by atoms with Crippen LogP contribution >= 0.6 is 11.3 Å². The highest BCUT2D eigenvalue weighted by Gasteiger charge is 2.31. The van der Waals surface area contributed by atoms with Gasteiger partial charge in [-0.3, -0.25) is 4.79 Å². The van der Waals surface area contributed by atoms with Crippen LogP contribution in [-0.4, -0.2) is 27.8 Å². The number of aryl methyl sites for hydroxylation is 1. The van der Waals surface area contributed by atoms with Crippen molar-refractivity contribution in [2.45, 2.75) is 26.1 Å². The molecule has 3 aromatic rings. The number of aromatic nitrogens is 2. The average molecular weight is 397 g/mol. The number of ether oxygens (including phenoxy) is 1. The van der Waals surface area contributed by atoms with Gasteiger partial charge in [0.15, 0.2) is 6.10 Å². The number of nitrogens with two attached hydrogens (primary N) is 1. The van der Waals surface area contributed by atoms with Crippen LogP contribution in [0.2, 0.25) is 0 Å². The average Bonchev–Trinajstić information content (AvgIpc) is 3.15. The monoisotopic (exact) mass is 397 g/mol. The maximum Gasteiger partial charge on any atom is 0.416 e. The van der Waals surface area contributed by atoms with E-state index in [1.807, 2.05) is 0 Å². The molecule has 0 aliphatic carbocycles. The highest BCUT2D eigenvalue weighted by Crippen LogP contribution is 2.34. The largest absolute Gasteiger partial charge is 0.448 e. The summed E-state index contributed by atoms with van der Waals surface area (Å²) in [5.74, 6) is -1.52. The van der Waals surface area contributed by atoms with Gasteiger partial charge < -0.3 is 10.5 Å². The van der Waals surface area contributed by atoms with Gasteiger partial charge >= 0.3 is 12.1 Å². The molecule has 2 N–H and O–H groups in total. The molecule has 1 aromatic carbocycles. The molecule has 10 heteroatoms. The predicted molar refractivity (Wildman–Crippen MR) is 92.8 cm³/mol. The fourth-order valence-electron chi connectivity index (χ4n) is 2.41. The van der Waals surface area contributed by atoms with Gasteiger partial charge in [-0.05, 0) is 38.1 Å². The molecule has 0 saturated carbocycles. The van der Waals surface area contributed by atoms with Crippen LogP contribution in [-0.2, 0) is 15.7 Å². The summed E-state index contributed by atoms with van der Waals surface area (Å²) >= 11 is 1.01. The van der Waals surface area contributed by atoms with E-state index in [-0.39, 0.29) is 10.6 Å². The zero-order valence-corrected chi connectivity index (χ0v) is 15.0. The molecule has 2 heterocycles. The second-order valence-electron chi connectivity index (χ2n) is 5.82. The minimum absolute atomic E-state index is 0.194. The van der Waals surface area contributed by atoms with Gasteiger partial charge in [0.25, 0.3) is 5.91 Å². The van der Waals surface area contributed by atoms with Crippen LogP contribution in [0.4, 0.5) is 13.2 Å². The van der Waals surface area contributed by atoms with Crippen molar-refractivity contribution in [2.75, 3.05) is 0 Å². The number of fused-ring (bicyclic) bond motifs is 1. The van der Waals surface area contributed by atoms with Crippen molar-refractivity contribution in [2.24, 2.45) is 5.73 Å². The van der Waals surface area contributed by atoms with E-state index in [9.17, 15) is 22.8 Å². The Labute approximate surface area is 155 Å². The van der Waals surface area contributed by atoms with E-state index in [1.165, 1.54) is 29.8 Å². The zero-order chi connectivity index (χ0) is 19.9. The van der Waals surface area contributed by atoms with E-state index in [0.29, 0.717) is 15.9 Å². The third-order valence-corrected chi connectivity index (χ3v) is 4.94. The van der Waals surface area contributed by atoms with E-state index in [1.54, 1.807) is 6.92 Å². The lowest BCUT2D eigenvalue weighted by atomic mass is 10.2. The van der Waals surface area contributed by atoms with Crippen LogP contribution in [0.1, 0.15) is 27.9 Å².